The number of para-hydroxylation sites is 1. The van der Waals surface area contributed by atoms with Gasteiger partial charge in [-0.1, -0.05) is 48.0 Å². The minimum absolute atomic E-state index is 0.199. The third kappa shape index (κ3) is 4.32. The SMILES string of the molecule is CCn1cc(-c2cc(C(=O)Nc3cnn(Cc4cccc(C)c4)c3)c3ccccc3n2)c(C)n1. The van der Waals surface area contributed by atoms with Crippen molar-refractivity contribution in [2.24, 2.45) is 0 Å². The zero-order chi connectivity index (χ0) is 23.7. The first-order chi connectivity index (χ1) is 16.5. The number of rotatable bonds is 6. The van der Waals surface area contributed by atoms with Crippen LogP contribution < -0.4 is 5.32 Å². The lowest BCUT2D eigenvalue weighted by Crippen LogP contribution is -2.13. The molecule has 0 radical (unpaired) electrons. The Morgan fingerprint density at radius 3 is 2.65 bits per heavy atom. The van der Waals surface area contributed by atoms with Gasteiger partial charge in [-0.25, -0.2) is 4.98 Å². The van der Waals surface area contributed by atoms with Gasteiger partial charge in [0.25, 0.3) is 5.91 Å². The van der Waals surface area contributed by atoms with Crippen LogP contribution in [0.5, 0.6) is 0 Å². The molecule has 0 spiro atoms. The summed E-state index contributed by atoms with van der Waals surface area (Å²) in [6, 6.07) is 17.8. The van der Waals surface area contributed by atoms with E-state index in [1.807, 2.05) is 72.0 Å². The number of anilines is 1. The van der Waals surface area contributed by atoms with Gasteiger partial charge in [-0.2, -0.15) is 10.2 Å². The average Bonchev–Trinajstić information content (AvgIpc) is 3.44. The summed E-state index contributed by atoms with van der Waals surface area (Å²) in [6.07, 6.45) is 5.50. The smallest absolute Gasteiger partial charge is 0.256 e. The maximum atomic E-state index is 13.4. The van der Waals surface area contributed by atoms with Crippen molar-refractivity contribution in [1.82, 2.24) is 24.5 Å². The fourth-order valence-electron chi connectivity index (χ4n) is 4.14. The third-order valence-corrected chi connectivity index (χ3v) is 5.83. The summed E-state index contributed by atoms with van der Waals surface area (Å²) in [4.78, 5) is 18.2. The number of aryl methyl sites for hydroxylation is 3. The predicted molar refractivity (Wildman–Crippen MR) is 134 cm³/mol. The number of nitrogens with zero attached hydrogens (tertiary/aromatic N) is 5. The highest BCUT2D eigenvalue weighted by atomic mass is 16.1. The zero-order valence-corrected chi connectivity index (χ0v) is 19.5. The second kappa shape index (κ2) is 8.94. The van der Waals surface area contributed by atoms with Gasteiger partial charge < -0.3 is 5.32 Å². The van der Waals surface area contributed by atoms with E-state index in [1.165, 1.54) is 5.56 Å². The second-order valence-corrected chi connectivity index (χ2v) is 8.43. The number of fused-ring (bicyclic) bond motifs is 1. The molecule has 1 N–H and O–H groups in total. The van der Waals surface area contributed by atoms with Crippen LogP contribution in [0.1, 0.15) is 34.1 Å². The van der Waals surface area contributed by atoms with Crippen LogP contribution in [0, 0.1) is 13.8 Å². The topological polar surface area (TPSA) is 77.6 Å². The molecule has 7 nitrogen and oxygen atoms in total. The molecule has 0 saturated heterocycles. The van der Waals surface area contributed by atoms with Crippen molar-refractivity contribution in [3.05, 3.63) is 95.6 Å². The van der Waals surface area contributed by atoms with Crippen LogP contribution >= 0.6 is 0 Å². The van der Waals surface area contributed by atoms with E-state index in [1.54, 1.807) is 6.20 Å². The van der Waals surface area contributed by atoms with Crippen molar-refractivity contribution in [3.8, 4) is 11.3 Å². The maximum Gasteiger partial charge on any atom is 0.256 e. The first-order valence-corrected chi connectivity index (χ1v) is 11.3. The molecule has 34 heavy (non-hydrogen) atoms. The fourth-order valence-corrected chi connectivity index (χ4v) is 4.14. The van der Waals surface area contributed by atoms with Gasteiger partial charge >= 0.3 is 0 Å². The van der Waals surface area contributed by atoms with Crippen LogP contribution in [-0.2, 0) is 13.1 Å². The Bertz CT molecular complexity index is 1500. The molecule has 170 valence electrons. The Kier molecular flexibility index (Phi) is 5.67. The molecule has 5 rings (SSSR count). The van der Waals surface area contributed by atoms with E-state index in [0.29, 0.717) is 17.8 Å². The molecule has 0 aliphatic heterocycles. The lowest BCUT2D eigenvalue weighted by atomic mass is 10.0. The Balaban J connectivity index is 1.45. The van der Waals surface area contributed by atoms with Gasteiger partial charge in [-0.05, 0) is 38.5 Å². The molecule has 0 saturated carbocycles. The van der Waals surface area contributed by atoms with E-state index in [9.17, 15) is 4.79 Å². The molecule has 0 bridgehead atoms. The quantitative estimate of drug-likeness (QED) is 0.384. The van der Waals surface area contributed by atoms with Gasteiger partial charge in [-0.15, -0.1) is 0 Å². The van der Waals surface area contributed by atoms with Crippen LogP contribution in [0.4, 0.5) is 5.69 Å². The standard InChI is InChI=1S/C27H26N6O/c1-4-32-17-24(19(3)31-32)26-13-23(22-10-5-6-11-25(22)30-26)27(34)29-21-14-28-33(16-21)15-20-9-7-8-18(2)12-20/h5-14,16-17H,4,15H2,1-3H3,(H,29,34). The molecule has 3 heterocycles. The highest BCUT2D eigenvalue weighted by Gasteiger charge is 2.17. The number of aromatic nitrogens is 5. The maximum absolute atomic E-state index is 13.4. The highest BCUT2D eigenvalue weighted by molar-refractivity contribution is 6.13. The van der Waals surface area contributed by atoms with Crippen LogP contribution in [0.2, 0.25) is 0 Å². The van der Waals surface area contributed by atoms with E-state index in [-0.39, 0.29) is 5.91 Å². The number of nitrogens with one attached hydrogen (secondary N) is 1. The van der Waals surface area contributed by atoms with Crippen molar-refractivity contribution in [1.29, 1.82) is 0 Å². The Labute approximate surface area is 198 Å². The van der Waals surface area contributed by atoms with Crippen molar-refractivity contribution in [2.75, 3.05) is 5.32 Å². The first-order valence-electron chi connectivity index (χ1n) is 11.3. The van der Waals surface area contributed by atoms with Crippen LogP contribution in [0.15, 0.2) is 73.2 Å². The summed E-state index contributed by atoms with van der Waals surface area (Å²) in [5.74, 6) is -0.199. The number of hydrogen-bond donors (Lipinski definition) is 1. The summed E-state index contributed by atoms with van der Waals surface area (Å²) in [6.45, 7) is 7.48. The van der Waals surface area contributed by atoms with Gasteiger partial charge in [0.1, 0.15) is 0 Å². The van der Waals surface area contributed by atoms with Crippen LogP contribution in [-0.4, -0.2) is 30.5 Å². The number of benzene rings is 2. The molecule has 0 aliphatic rings. The molecule has 5 aromatic rings. The predicted octanol–water partition coefficient (Wildman–Crippen LogP) is 5.23. The number of carbonyl (C=O) groups excluding carboxylic acids is 1. The van der Waals surface area contributed by atoms with E-state index in [0.717, 1.165) is 40.0 Å². The van der Waals surface area contributed by atoms with Crippen LogP contribution in [0.3, 0.4) is 0 Å². The summed E-state index contributed by atoms with van der Waals surface area (Å²) in [5.41, 5.74) is 6.89. The average molecular weight is 451 g/mol. The summed E-state index contributed by atoms with van der Waals surface area (Å²) in [5, 5.41) is 12.8. The monoisotopic (exact) mass is 450 g/mol. The highest BCUT2D eigenvalue weighted by Crippen LogP contribution is 2.27. The van der Waals surface area contributed by atoms with Crippen molar-refractivity contribution in [3.63, 3.8) is 0 Å². The van der Waals surface area contributed by atoms with Gasteiger partial charge in [0, 0.05) is 29.9 Å². The molecule has 1 amide bonds. The second-order valence-electron chi connectivity index (χ2n) is 8.43. The third-order valence-electron chi connectivity index (χ3n) is 5.83. The first kappa shape index (κ1) is 21.6. The van der Waals surface area contributed by atoms with Gasteiger partial charge in [0.15, 0.2) is 0 Å². The van der Waals surface area contributed by atoms with Gasteiger partial charge in [0.2, 0.25) is 0 Å². The summed E-state index contributed by atoms with van der Waals surface area (Å²) >= 11 is 0. The molecule has 0 fully saturated rings. The molecule has 0 atom stereocenters. The number of pyridine rings is 1. The molecular weight excluding hydrogens is 424 g/mol. The van der Waals surface area contributed by atoms with Gasteiger partial charge in [0.05, 0.1) is 40.9 Å². The Hall–Kier alpha value is -4.26. The van der Waals surface area contributed by atoms with E-state index >= 15 is 0 Å². The lowest BCUT2D eigenvalue weighted by Gasteiger charge is -2.09. The zero-order valence-electron chi connectivity index (χ0n) is 19.5. The summed E-state index contributed by atoms with van der Waals surface area (Å²) in [7, 11) is 0. The largest absolute Gasteiger partial charge is 0.319 e. The Morgan fingerprint density at radius 2 is 1.85 bits per heavy atom. The molecule has 2 aromatic carbocycles. The van der Waals surface area contributed by atoms with Crippen molar-refractivity contribution in [2.45, 2.75) is 33.9 Å². The van der Waals surface area contributed by atoms with Crippen molar-refractivity contribution < 1.29 is 4.79 Å². The molecular formula is C27H26N6O. The van der Waals surface area contributed by atoms with Gasteiger partial charge in [-0.3, -0.25) is 14.2 Å². The van der Waals surface area contributed by atoms with Crippen molar-refractivity contribution >= 4 is 22.5 Å². The minimum atomic E-state index is -0.199. The molecule has 0 unspecified atom stereocenters. The molecule has 0 aliphatic carbocycles. The number of carbonyl (C=O) groups is 1. The summed E-state index contributed by atoms with van der Waals surface area (Å²) < 4.78 is 3.70. The van der Waals surface area contributed by atoms with E-state index in [4.69, 9.17) is 4.98 Å². The fraction of sp³-hybridized carbons (Fsp3) is 0.185. The molecule has 7 heteroatoms. The molecule has 3 aromatic heterocycles. The van der Waals surface area contributed by atoms with Crippen LogP contribution in [0.25, 0.3) is 22.2 Å². The number of hydrogen-bond acceptors (Lipinski definition) is 4. The lowest BCUT2D eigenvalue weighted by molar-refractivity contribution is 0.102. The minimum Gasteiger partial charge on any atom is -0.319 e. The van der Waals surface area contributed by atoms with E-state index < -0.39 is 0 Å². The number of amides is 1. The normalized spacial score (nSPS) is 11.1. The van der Waals surface area contributed by atoms with E-state index in [2.05, 4.69) is 40.6 Å². The Morgan fingerprint density at radius 1 is 1.00 bits per heavy atom.